The Morgan fingerprint density at radius 3 is 2.71 bits per heavy atom. The minimum absolute atomic E-state index is 0.322. The molecule has 1 amide bonds. The molecule has 2 fully saturated rings. The Morgan fingerprint density at radius 1 is 1.29 bits per heavy atom. The average molecular weight is 238 g/mol. The van der Waals surface area contributed by atoms with Crippen LogP contribution in [-0.4, -0.2) is 47.6 Å². The summed E-state index contributed by atoms with van der Waals surface area (Å²) in [5.74, 6) is -0.907. The van der Waals surface area contributed by atoms with Crippen molar-refractivity contribution in [2.45, 2.75) is 25.3 Å². The van der Waals surface area contributed by atoms with Crippen LogP contribution in [0.2, 0.25) is 0 Å². The van der Waals surface area contributed by atoms with Gasteiger partial charge in [-0.3, -0.25) is 4.79 Å². The van der Waals surface area contributed by atoms with Crippen molar-refractivity contribution in [1.29, 1.82) is 0 Å². The van der Waals surface area contributed by atoms with Crippen LogP contribution in [0.4, 0.5) is 0 Å². The molecule has 0 spiro atoms. The Kier molecular flexibility index (Phi) is 3.78. The number of amides is 1. The summed E-state index contributed by atoms with van der Waals surface area (Å²) >= 11 is 0. The molecular formula is C12H18N2O3. The number of nitrogens with one attached hydrogen (secondary N) is 1. The van der Waals surface area contributed by atoms with E-state index in [2.05, 4.69) is 10.2 Å². The van der Waals surface area contributed by atoms with Crippen LogP contribution < -0.4 is 5.32 Å². The highest BCUT2D eigenvalue weighted by Crippen LogP contribution is 2.31. The lowest BCUT2D eigenvalue weighted by Crippen LogP contribution is -2.30. The SMILES string of the molecule is O=C(O)/C=C/C(=O)NCC1CCN(C2CC2)C1. The second-order valence-electron chi connectivity index (χ2n) is 4.80. The fourth-order valence-electron chi connectivity index (χ4n) is 2.25. The second-order valence-corrected chi connectivity index (χ2v) is 4.80. The van der Waals surface area contributed by atoms with Crippen molar-refractivity contribution < 1.29 is 14.7 Å². The smallest absolute Gasteiger partial charge is 0.328 e. The fraction of sp³-hybridized carbons (Fsp3) is 0.667. The van der Waals surface area contributed by atoms with Gasteiger partial charge < -0.3 is 15.3 Å². The standard InChI is InChI=1S/C12H18N2O3/c15-11(3-4-12(16)17)13-7-9-5-6-14(8-9)10-1-2-10/h3-4,9-10H,1-2,5-8H2,(H,13,15)(H,16,17)/b4-3+. The van der Waals surface area contributed by atoms with Gasteiger partial charge in [0.2, 0.25) is 5.91 Å². The molecule has 2 rings (SSSR count). The molecule has 0 aromatic carbocycles. The second kappa shape index (κ2) is 5.31. The zero-order chi connectivity index (χ0) is 12.3. The lowest BCUT2D eigenvalue weighted by atomic mass is 10.1. The molecule has 0 aromatic heterocycles. The molecule has 2 aliphatic rings. The maximum absolute atomic E-state index is 11.3. The third-order valence-corrected chi connectivity index (χ3v) is 3.32. The molecule has 1 atom stereocenters. The summed E-state index contributed by atoms with van der Waals surface area (Å²) < 4.78 is 0. The van der Waals surface area contributed by atoms with E-state index in [0.29, 0.717) is 12.5 Å². The number of hydrogen-bond acceptors (Lipinski definition) is 3. The van der Waals surface area contributed by atoms with Gasteiger partial charge in [-0.15, -0.1) is 0 Å². The zero-order valence-electron chi connectivity index (χ0n) is 9.76. The van der Waals surface area contributed by atoms with E-state index in [1.165, 1.54) is 12.8 Å². The van der Waals surface area contributed by atoms with E-state index in [1.54, 1.807) is 0 Å². The van der Waals surface area contributed by atoms with Crippen LogP contribution in [0.5, 0.6) is 0 Å². The van der Waals surface area contributed by atoms with Crippen LogP contribution >= 0.6 is 0 Å². The van der Waals surface area contributed by atoms with Crippen molar-refractivity contribution in [1.82, 2.24) is 10.2 Å². The van der Waals surface area contributed by atoms with E-state index in [4.69, 9.17) is 5.11 Å². The van der Waals surface area contributed by atoms with Gasteiger partial charge in [-0.1, -0.05) is 0 Å². The van der Waals surface area contributed by atoms with E-state index >= 15 is 0 Å². The lowest BCUT2D eigenvalue weighted by Gasteiger charge is -2.14. The lowest BCUT2D eigenvalue weighted by molar-refractivity contribution is -0.131. The average Bonchev–Trinajstić information content (AvgIpc) is 3.04. The first kappa shape index (κ1) is 12.1. The van der Waals surface area contributed by atoms with E-state index < -0.39 is 5.97 Å². The number of nitrogens with zero attached hydrogens (tertiary/aromatic N) is 1. The number of carbonyl (C=O) groups is 2. The maximum atomic E-state index is 11.3. The number of aliphatic carboxylic acids is 1. The van der Waals surface area contributed by atoms with Gasteiger partial charge in [0.1, 0.15) is 0 Å². The summed E-state index contributed by atoms with van der Waals surface area (Å²) in [5.41, 5.74) is 0. The Morgan fingerprint density at radius 2 is 2.06 bits per heavy atom. The van der Waals surface area contributed by atoms with Crippen LogP contribution in [0.1, 0.15) is 19.3 Å². The maximum Gasteiger partial charge on any atom is 0.328 e. The highest BCUT2D eigenvalue weighted by atomic mass is 16.4. The number of carboxylic acids is 1. The molecule has 0 aromatic rings. The molecule has 1 unspecified atom stereocenters. The topological polar surface area (TPSA) is 69.6 Å². The first-order valence-corrected chi connectivity index (χ1v) is 6.08. The Labute approximate surface area is 100 Å². The molecule has 1 saturated heterocycles. The molecular weight excluding hydrogens is 220 g/mol. The van der Waals surface area contributed by atoms with Gasteiger partial charge in [0.25, 0.3) is 0 Å². The fourth-order valence-corrected chi connectivity index (χ4v) is 2.25. The van der Waals surface area contributed by atoms with Crippen molar-refractivity contribution in [2.75, 3.05) is 19.6 Å². The van der Waals surface area contributed by atoms with Crippen LogP contribution in [-0.2, 0) is 9.59 Å². The third-order valence-electron chi connectivity index (χ3n) is 3.32. The molecule has 2 N–H and O–H groups in total. The highest BCUT2D eigenvalue weighted by Gasteiger charge is 2.34. The summed E-state index contributed by atoms with van der Waals surface area (Å²) in [6.45, 7) is 2.84. The summed E-state index contributed by atoms with van der Waals surface area (Å²) in [7, 11) is 0. The normalized spacial score (nSPS) is 25.3. The van der Waals surface area contributed by atoms with Crippen LogP contribution in [0, 0.1) is 5.92 Å². The number of rotatable bonds is 5. The number of carbonyl (C=O) groups excluding carboxylic acids is 1. The van der Waals surface area contributed by atoms with Gasteiger partial charge in [-0.05, 0) is 31.7 Å². The first-order chi connectivity index (χ1) is 8.15. The van der Waals surface area contributed by atoms with Crippen molar-refractivity contribution in [3.05, 3.63) is 12.2 Å². The number of carboxylic acid groups (broad SMARTS) is 1. The molecule has 1 aliphatic heterocycles. The summed E-state index contributed by atoms with van der Waals surface area (Å²) in [6, 6.07) is 0.794. The summed E-state index contributed by atoms with van der Waals surface area (Å²) in [6.07, 6.45) is 5.69. The Bertz CT molecular complexity index is 337. The molecule has 1 aliphatic carbocycles. The molecule has 0 radical (unpaired) electrons. The van der Waals surface area contributed by atoms with E-state index in [0.717, 1.165) is 37.7 Å². The van der Waals surface area contributed by atoms with Crippen LogP contribution in [0.3, 0.4) is 0 Å². The zero-order valence-corrected chi connectivity index (χ0v) is 9.76. The van der Waals surface area contributed by atoms with Gasteiger partial charge in [-0.2, -0.15) is 0 Å². The highest BCUT2D eigenvalue weighted by molar-refractivity contribution is 5.93. The van der Waals surface area contributed by atoms with Crippen LogP contribution in [0.15, 0.2) is 12.2 Å². The van der Waals surface area contributed by atoms with Crippen molar-refractivity contribution in [3.8, 4) is 0 Å². The number of likely N-dealkylation sites (tertiary alicyclic amines) is 1. The van der Waals surface area contributed by atoms with E-state index in [-0.39, 0.29) is 5.91 Å². The number of hydrogen-bond donors (Lipinski definition) is 2. The van der Waals surface area contributed by atoms with Crippen molar-refractivity contribution >= 4 is 11.9 Å². The van der Waals surface area contributed by atoms with Gasteiger partial charge in [-0.25, -0.2) is 4.79 Å². The summed E-state index contributed by atoms with van der Waals surface area (Å²) in [5, 5.41) is 11.1. The molecule has 94 valence electrons. The minimum Gasteiger partial charge on any atom is -0.478 e. The predicted molar refractivity (Wildman–Crippen MR) is 62.5 cm³/mol. The van der Waals surface area contributed by atoms with Crippen molar-refractivity contribution in [3.63, 3.8) is 0 Å². The molecule has 1 saturated carbocycles. The van der Waals surface area contributed by atoms with Crippen molar-refractivity contribution in [2.24, 2.45) is 5.92 Å². The summed E-state index contributed by atoms with van der Waals surface area (Å²) in [4.78, 5) is 24.0. The molecule has 1 heterocycles. The predicted octanol–water partition coefficient (Wildman–Crippen LogP) is 0.228. The molecule has 5 heteroatoms. The molecule has 5 nitrogen and oxygen atoms in total. The Balaban J connectivity index is 1.65. The van der Waals surface area contributed by atoms with E-state index in [9.17, 15) is 9.59 Å². The van der Waals surface area contributed by atoms with Crippen LogP contribution in [0.25, 0.3) is 0 Å². The third kappa shape index (κ3) is 3.85. The van der Waals surface area contributed by atoms with Gasteiger partial charge in [0.05, 0.1) is 0 Å². The first-order valence-electron chi connectivity index (χ1n) is 6.08. The molecule has 0 bridgehead atoms. The largest absolute Gasteiger partial charge is 0.478 e. The van der Waals surface area contributed by atoms with Gasteiger partial charge in [0.15, 0.2) is 0 Å². The van der Waals surface area contributed by atoms with Gasteiger partial charge >= 0.3 is 5.97 Å². The minimum atomic E-state index is -1.10. The van der Waals surface area contributed by atoms with E-state index in [1.807, 2.05) is 0 Å². The molecule has 17 heavy (non-hydrogen) atoms. The quantitative estimate of drug-likeness (QED) is 0.673. The van der Waals surface area contributed by atoms with Gasteiger partial charge in [0, 0.05) is 31.3 Å². The Hall–Kier alpha value is -1.36. The monoisotopic (exact) mass is 238 g/mol.